The van der Waals surface area contributed by atoms with Crippen LogP contribution in [0.3, 0.4) is 0 Å². The van der Waals surface area contributed by atoms with Gasteiger partial charge in [-0.05, 0) is 26.2 Å². The van der Waals surface area contributed by atoms with Crippen molar-refractivity contribution in [2.45, 2.75) is 32.6 Å². The molecule has 1 N–H and O–H groups in total. The van der Waals surface area contributed by atoms with Gasteiger partial charge in [-0.3, -0.25) is 4.99 Å². The van der Waals surface area contributed by atoms with Gasteiger partial charge in [0.1, 0.15) is 11.3 Å². The van der Waals surface area contributed by atoms with Crippen molar-refractivity contribution in [2.75, 3.05) is 13.2 Å². The SMILES string of the molecule is CCOC(=O)/C(C1=NCCCCC1)=C(/O)c1ccccc1. The number of aliphatic imine (C=N–C) groups is 1. The zero-order valence-corrected chi connectivity index (χ0v) is 12.3. The molecule has 112 valence electrons. The summed E-state index contributed by atoms with van der Waals surface area (Å²) in [5, 5.41) is 10.5. The zero-order chi connectivity index (χ0) is 15.1. The van der Waals surface area contributed by atoms with Gasteiger partial charge in [0.2, 0.25) is 0 Å². The van der Waals surface area contributed by atoms with Crippen LogP contribution in [0.5, 0.6) is 0 Å². The molecule has 2 rings (SSSR count). The second-order valence-electron chi connectivity index (χ2n) is 4.95. The molecule has 0 saturated carbocycles. The Balaban J connectivity index is 2.44. The van der Waals surface area contributed by atoms with E-state index in [0.29, 0.717) is 24.2 Å². The van der Waals surface area contributed by atoms with Crippen molar-refractivity contribution in [1.29, 1.82) is 0 Å². The molecular formula is C17H21NO3. The summed E-state index contributed by atoms with van der Waals surface area (Å²) in [5.41, 5.74) is 1.48. The maximum absolute atomic E-state index is 12.2. The third-order valence-electron chi connectivity index (χ3n) is 3.43. The van der Waals surface area contributed by atoms with E-state index in [1.807, 2.05) is 18.2 Å². The fourth-order valence-electron chi connectivity index (χ4n) is 2.37. The van der Waals surface area contributed by atoms with Crippen LogP contribution < -0.4 is 0 Å². The highest BCUT2D eigenvalue weighted by atomic mass is 16.5. The number of carbonyl (C=O) groups excluding carboxylic acids is 1. The van der Waals surface area contributed by atoms with E-state index in [9.17, 15) is 9.90 Å². The Morgan fingerprint density at radius 1 is 1.24 bits per heavy atom. The minimum Gasteiger partial charge on any atom is -0.506 e. The Hall–Kier alpha value is -2.10. The predicted octanol–water partition coefficient (Wildman–Crippen LogP) is 3.53. The van der Waals surface area contributed by atoms with Gasteiger partial charge >= 0.3 is 5.97 Å². The molecule has 0 saturated heterocycles. The molecule has 4 heteroatoms. The number of carbonyl (C=O) groups is 1. The molecule has 0 unspecified atom stereocenters. The van der Waals surface area contributed by atoms with Gasteiger partial charge in [-0.2, -0.15) is 0 Å². The van der Waals surface area contributed by atoms with E-state index in [0.717, 1.165) is 19.3 Å². The normalized spacial score (nSPS) is 16.5. The first-order valence-electron chi connectivity index (χ1n) is 7.43. The van der Waals surface area contributed by atoms with Gasteiger partial charge in [0.15, 0.2) is 0 Å². The van der Waals surface area contributed by atoms with Crippen molar-refractivity contribution in [2.24, 2.45) is 4.99 Å². The van der Waals surface area contributed by atoms with Crippen LogP contribution in [0, 0.1) is 0 Å². The minimum atomic E-state index is -0.500. The van der Waals surface area contributed by atoms with Crippen LogP contribution in [0.4, 0.5) is 0 Å². The van der Waals surface area contributed by atoms with Gasteiger partial charge in [-0.25, -0.2) is 4.79 Å². The lowest BCUT2D eigenvalue weighted by atomic mass is 10.0. The third kappa shape index (κ3) is 3.94. The van der Waals surface area contributed by atoms with Crippen LogP contribution >= 0.6 is 0 Å². The van der Waals surface area contributed by atoms with Crippen molar-refractivity contribution in [3.63, 3.8) is 0 Å². The van der Waals surface area contributed by atoms with Crippen molar-refractivity contribution < 1.29 is 14.6 Å². The maximum Gasteiger partial charge on any atom is 0.343 e. The zero-order valence-electron chi connectivity index (χ0n) is 12.3. The largest absolute Gasteiger partial charge is 0.506 e. The molecule has 0 aromatic heterocycles. The van der Waals surface area contributed by atoms with Crippen LogP contribution in [0.2, 0.25) is 0 Å². The second-order valence-corrected chi connectivity index (χ2v) is 4.95. The number of esters is 1. The molecule has 0 amide bonds. The summed E-state index contributed by atoms with van der Waals surface area (Å²) in [4.78, 5) is 16.7. The van der Waals surface area contributed by atoms with Gasteiger partial charge in [-0.15, -0.1) is 0 Å². The van der Waals surface area contributed by atoms with Gasteiger partial charge in [0.05, 0.1) is 12.3 Å². The Labute approximate surface area is 125 Å². The molecule has 4 nitrogen and oxygen atoms in total. The van der Waals surface area contributed by atoms with Crippen LogP contribution in [0.25, 0.3) is 5.76 Å². The lowest BCUT2D eigenvalue weighted by Gasteiger charge is -2.12. The molecule has 0 fully saturated rings. The summed E-state index contributed by atoms with van der Waals surface area (Å²) in [6.07, 6.45) is 3.79. The molecule has 0 aliphatic carbocycles. The van der Waals surface area contributed by atoms with Crippen LogP contribution in [0.15, 0.2) is 40.9 Å². The van der Waals surface area contributed by atoms with Gasteiger partial charge in [-0.1, -0.05) is 36.8 Å². The summed E-state index contributed by atoms with van der Waals surface area (Å²) >= 11 is 0. The Morgan fingerprint density at radius 3 is 2.71 bits per heavy atom. The van der Waals surface area contributed by atoms with E-state index in [-0.39, 0.29) is 17.9 Å². The predicted molar refractivity (Wildman–Crippen MR) is 83.4 cm³/mol. The highest BCUT2D eigenvalue weighted by molar-refractivity contribution is 6.24. The molecule has 1 aliphatic rings. The van der Waals surface area contributed by atoms with Crippen molar-refractivity contribution in [3.05, 3.63) is 41.5 Å². The maximum atomic E-state index is 12.2. The first-order valence-corrected chi connectivity index (χ1v) is 7.43. The molecular weight excluding hydrogens is 266 g/mol. The standard InChI is InChI=1S/C17H21NO3/c1-2-21-17(20)15(14-11-7-4-8-12-18-14)16(19)13-9-5-3-6-10-13/h3,5-6,9-10,19H,2,4,7-8,11-12H2,1H3/b16-15+. The number of hydrogen-bond donors (Lipinski definition) is 1. The van der Waals surface area contributed by atoms with E-state index in [1.54, 1.807) is 19.1 Å². The van der Waals surface area contributed by atoms with Crippen LogP contribution in [0.1, 0.15) is 38.2 Å². The molecule has 1 aromatic rings. The third-order valence-corrected chi connectivity index (χ3v) is 3.43. The number of benzene rings is 1. The summed E-state index contributed by atoms with van der Waals surface area (Å²) in [7, 11) is 0. The van der Waals surface area contributed by atoms with Gasteiger partial charge in [0, 0.05) is 12.1 Å². The Kier molecular flexibility index (Phi) is 5.55. The van der Waals surface area contributed by atoms with Crippen LogP contribution in [-0.4, -0.2) is 29.9 Å². The first kappa shape index (κ1) is 15.3. The molecule has 21 heavy (non-hydrogen) atoms. The molecule has 1 aromatic carbocycles. The fraction of sp³-hybridized carbons (Fsp3) is 0.412. The van der Waals surface area contributed by atoms with E-state index >= 15 is 0 Å². The molecule has 0 atom stereocenters. The van der Waals surface area contributed by atoms with Crippen molar-refractivity contribution in [1.82, 2.24) is 0 Å². The van der Waals surface area contributed by atoms with E-state index in [2.05, 4.69) is 4.99 Å². The number of hydrogen-bond acceptors (Lipinski definition) is 4. The average Bonchev–Trinajstić information content (AvgIpc) is 2.78. The highest BCUT2D eigenvalue weighted by Gasteiger charge is 2.24. The van der Waals surface area contributed by atoms with Crippen molar-refractivity contribution >= 4 is 17.4 Å². The number of ether oxygens (including phenoxy) is 1. The number of aliphatic hydroxyl groups is 1. The van der Waals surface area contributed by atoms with E-state index < -0.39 is 5.97 Å². The number of aliphatic hydroxyl groups excluding tert-OH is 1. The molecule has 1 heterocycles. The Bertz CT molecular complexity index is 546. The lowest BCUT2D eigenvalue weighted by molar-refractivity contribution is -0.137. The van der Waals surface area contributed by atoms with Crippen LogP contribution in [-0.2, 0) is 9.53 Å². The summed E-state index contributed by atoms with van der Waals surface area (Å²) in [5.74, 6) is -0.547. The van der Waals surface area contributed by atoms with E-state index in [4.69, 9.17) is 4.74 Å². The monoisotopic (exact) mass is 287 g/mol. The Morgan fingerprint density at radius 2 is 2.00 bits per heavy atom. The quantitative estimate of drug-likeness (QED) is 0.523. The summed E-state index contributed by atoms with van der Waals surface area (Å²) in [6, 6.07) is 9.05. The smallest absolute Gasteiger partial charge is 0.343 e. The van der Waals surface area contributed by atoms with Gasteiger partial charge in [0.25, 0.3) is 0 Å². The minimum absolute atomic E-state index is 0.0466. The first-order chi connectivity index (χ1) is 10.2. The highest BCUT2D eigenvalue weighted by Crippen LogP contribution is 2.22. The summed E-state index contributed by atoms with van der Waals surface area (Å²) < 4.78 is 5.10. The topological polar surface area (TPSA) is 58.9 Å². The average molecular weight is 287 g/mol. The summed E-state index contributed by atoms with van der Waals surface area (Å²) in [6.45, 7) is 2.72. The molecule has 1 aliphatic heterocycles. The van der Waals surface area contributed by atoms with Gasteiger partial charge < -0.3 is 9.84 Å². The second kappa shape index (κ2) is 7.62. The fourth-order valence-corrected chi connectivity index (χ4v) is 2.37. The van der Waals surface area contributed by atoms with Crippen molar-refractivity contribution in [3.8, 4) is 0 Å². The lowest BCUT2D eigenvalue weighted by Crippen LogP contribution is -2.18. The molecule has 0 bridgehead atoms. The molecule has 0 spiro atoms. The number of rotatable bonds is 4. The molecule has 0 radical (unpaired) electrons. The number of nitrogens with zero attached hydrogens (tertiary/aromatic N) is 1. The van der Waals surface area contributed by atoms with E-state index in [1.165, 1.54) is 0 Å².